The first kappa shape index (κ1) is 22.3. The van der Waals surface area contributed by atoms with Crippen molar-refractivity contribution in [2.24, 2.45) is 0 Å². The molecule has 3 nitrogen and oxygen atoms in total. The van der Waals surface area contributed by atoms with Gasteiger partial charge >= 0.3 is 6.03 Å². The fourth-order valence-electron chi connectivity index (χ4n) is 4.08. The van der Waals surface area contributed by atoms with Gasteiger partial charge in [0.1, 0.15) is 5.82 Å². The highest BCUT2D eigenvalue weighted by atomic mass is 19.1. The van der Waals surface area contributed by atoms with E-state index in [9.17, 15) is 9.18 Å². The highest BCUT2D eigenvalue weighted by Gasteiger charge is 2.27. The highest BCUT2D eigenvalue weighted by Crippen LogP contribution is 2.31. The zero-order valence-corrected chi connectivity index (χ0v) is 18.8. The molecule has 166 valence electrons. The first-order valence-electron chi connectivity index (χ1n) is 11.0. The summed E-state index contributed by atoms with van der Waals surface area (Å²) in [5.74, 6) is -0.298. The molecule has 4 heteroatoms. The molecule has 4 aromatic rings. The maximum Gasteiger partial charge on any atom is 0.322 e. The van der Waals surface area contributed by atoms with Crippen molar-refractivity contribution in [3.8, 4) is 0 Å². The van der Waals surface area contributed by atoms with Crippen LogP contribution in [0.4, 0.5) is 14.9 Å². The number of nitrogens with zero attached hydrogens (tertiary/aromatic N) is 1. The first-order chi connectivity index (χ1) is 16.0. The van der Waals surface area contributed by atoms with Crippen LogP contribution in [-0.2, 0) is 6.54 Å². The van der Waals surface area contributed by atoms with Crippen LogP contribution in [0.15, 0.2) is 103 Å². The summed E-state index contributed by atoms with van der Waals surface area (Å²) in [7, 11) is 0. The molecule has 0 saturated carbocycles. The molecule has 0 aliphatic rings. The number of nitrogens with one attached hydrogen (secondary N) is 1. The van der Waals surface area contributed by atoms with E-state index < -0.39 is 0 Å². The quantitative estimate of drug-likeness (QED) is 0.337. The van der Waals surface area contributed by atoms with Gasteiger partial charge in [0.2, 0.25) is 0 Å². The Morgan fingerprint density at radius 2 is 1.27 bits per heavy atom. The Bertz CT molecular complexity index is 1150. The van der Waals surface area contributed by atoms with Crippen LogP contribution in [0.2, 0.25) is 0 Å². The molecule has 0 aromatic heterocycles. The first-order valence-corrected chi connectivity index (χ1v) is 11.0. The van der Waals surface area contributed by atoms with Crippen LogP contribution in [-0.4, -0.2) is 10.9 Å². The van der Waals surface area contributed by atoms with E-state index in [0.717, 1.165) is 33.5 Å². The summed E-state index contributed by atoms with van der Waals surface area (Å²) >= 11 is 0. The van der Waals surface area contributed by atoms with Crippen LogP contribution in [0, 0.1) is 19.7 Å². The van der Waals surface area contributed by atoms with Crippen LogP contribution >= 0.6 is 0 Å². The van der Waals surface area contributed by atoms with Crippen LogP contribution < -0.4 is 5.32 Å². The lowest BCUT2D eigenvalue weighted by atomic mass is 9.96. The molecule has 0 bridgehead atoms. The summed E-state index contributed by atoms with van der Waals surface area (Å²) < 4.78 is 13.6. The molecule has 0 radical (unpaired) electrons. The van der Waals surface area contributed by atoms with E-state index in [-0.39, 0.29) is 17.9 Å². The van der Waals surface area contributed by atoms with E-state index in [1.165, 1.54) is 12.1 Å². The van der Waals surface area contributed by atoms with Gasteiger partial charge in [-0.05, 0) is 53.8 Å². The number of carbonyl (C=O) groups is 1. The molecule has 0 atom stereocenters. The second-order valence-electron chi connectivity index (χ2n) is 8.18. The van der Waals surface area contributed by atoms with Gasteiger partial charge in [0.25, 0.3) is 0 Å². The van der Waals surface area contributed by atoms with Gasteiger partial charge in [-0.3, -0.25) is 0 Å². The summed E-state index contributed by atoms with van der Waals surface area (Å²) in [4.78, 5) is 15.6. The second kappa shape index (κ2) is 10.1. The number of hydrogen-bond donors (Lipinski definition) is 1. The Morgan fingerprint density at radius 1 is 0.758 bits per heavy atom. The zero-order valence-electron chi connectivity index (χ0n) is 18.8. The van der Waals surface area contributed by atoms with Crippen molar-refractivity contribution in [1.29, 1.82) is 0 Å². The maximum atomic E-state index is 13.8. The summed E-state index contributed by atoms with van der Waals surface area (Å²) in [6.45, 7) is 4.29. The van der Waals surface area contributed by atoms with Gasteiger partial charge in [-0.2, -0.15) is 0 Å². The van der Waals surface area contributed by atoms with Gasteiger partial charge in [0.15, 0.2) is 0 Å². The van der Waals surface area contributed by atoms with E-state index in [4.69, 9.17) is 0 Å². The molecule has 0 heterocycles. The van der Waals surface area contributed by atoms with E-state index in [0.29, 0.717) is 6.54 Å². The lowest BCUT2D eigenvalue weighted by Gasteiger charge is -2.33. The molecule has 2 amide bonds. The fourth-order valence-corrected chi connectivity index (χ4v) is 4.08. The molecule has 4 aromatic carbocycles. The number of amides is 2. The number of hydrogen-bond acceptors (Lipinski definition) is 1. The largest absolute Gasteiger partial charge is 0.322 e. The van der Waals surface area contributed by atoms with Gasteiger partial charge in [0.05, 0.1) is 6.04 Å². The Kier molecular flexibility index (Phi) is 6.84. The third-order valence-corrected chi connectivity index (χ3v) is 5.78. The number of para-hydroxylation sites is 1. The molecule has 1 N–H and O–H groups in total. The summed E-state index contributed by atoms with van der Waals surface area (Å²) in [6.07, 6.45) is 0. The number of aryl methyl sites for hydroxylation is 2. The minimum atomic E-state index is -0.318. The van der Waals surface area contributed by atoms with Gasteiger partial charge < -0.3 is 10.2 Å². The minimum absolute atomic E-state index is 0.213. The zero-order chi connectivity index (χ0) is 23.2. The van der Waals surface area contributed by atoms with Crippen LogP contribution in [0.1, 0.15) is 33.9 Å². The topological polar surface area (TPSA) is 32.3 Å². The van der Waals surface area contributed by atoms with Crippen molar-refractivity contribution in [2.75, 3.05) is 5.32 Å². The van der Waals surface area contributed by atoms with Crippen molar-refractivity contribution in [3.05, 3.63) is 137 Å². The lowest BCUT2D eigenvalue weighted by Crippen LogP contribution is -2.38. The van der Waals surface area contributed by atoms with Crippen molar-refractivity contribution in [3.63, 3.8) is 0 Å². The van der Waals surface area contributed by atoms with Gasteiger partial charge in [-0.15, -0.1) is 0 Å². The average Bonchev–Trinajstić information content (AvgIpc) is 2.84. The SMILES string of the molecule is Cc1cccc(C)c1NC(=O)N(Cc1ccc(F)cc1)C(c1ccccc1)c1ccccc1. The standard InChI is InChI=1S/C29H27FN2O/c1-21-10-9-11-22(2)27(21)31-29(33)32(20-23-16-18-26(30)19-17-23)28(24-12-5-3-6-13-24)25-14-7-4-8-15-25/h3-19,28H,20H2,1-2H3,(H,31,33). The smallest absolute Gasteiger partial charge is 0.309 e. The number of rotatable bonds is 6. The molecule has 0 saturated heterocycles. The Balaban J connectivity index is 1.79. The number of urea groups is 1. The van der Waals surface area contributed by atoms with Crippen molar-refractivity contribution in [1.82, 2.24) is 4.90 Å². The Morgan fingerprint density at radius 3 is 1.79 bits per heavy atom. The van der Waals surface area contributed by atoms with Crippen molar-refractivity contribution < 1.29 is 9.18 Å². The van der Waals surface area contributed by atoms with Gasteiger partial charge in [0, 0.05) is 12.2 Å². The third kappa shape index (κ3) is 5.29. The molecule has 0 aliphatic heterocycles. The van der Waals surface area contributed by atoms with Crippen molar-refractivity contribution >= 4 is 11.7 Å². The molecular formula is C29H27FN2O. The normalized spacial score (nSPS) is 10.8. The van der Waals surface area contributed by atoms with Crippen LogP contribution in [0.25, 0.3) is 0 Å². The molecule has 0 unspecified atom stereocenters. The van der Waals surface area contributed by atoms with Crippen LogP contribution in [0.5, 0.6) is 0 Å². The summed E-state index contributed by atoms with van der Waals surface area (Å²) in [5.41, 5.74) is 5.67. The lowest BCUT2D eigenvalue weighted by molar-refractivity contribution is 0.194. The second-order valence-corrected chi connectivity index (χ2v) is 8.18. The van der Waals surface area contributed by atoms with E-state index >= 15 is 0 Å². The number of halogens is 1. The van der Waals surface area contributed by atoms with Crippen molar-refractivity contribution in [2.45, 2.75) is 26.4 Å². The molecular weight excluding hydrogens is 411 g/mol. The molecule has 0 spiro atoms. The number of benzene rings is 4. The average molecular weight is 439 g/mol. The summed E-state index contributed by atoms with van der Waals surface area (Å²) in [6, 6.07) is 31.7. The molecule has 33 heavy (non-hydrogen) atoms. The molecule has 0 fully saturated rings. The number of carbonyl (C=O) groups excluding carboxylic acids is 1. The maximum absolute atomic E-state index is 13.8. The third-order valence-electron chi connectivity index (χ3n) is 5.78. The van der Waals surface area contributed by atoms with Gasteiger partial charge in [-0.1, -0.05) is 91.0 Å². The Hall–Kier alpha value is -3.92. The van der Waals surface area contributed by atoms with E-state index in [1.807, 2.05) is 97.6 Å². The monoisotopic (exact) mass is 438 g/mol. The Labute approximate surface area is 194 Å². The van der Waals surface area contributed by atoms with Gasteiger partial charge in [-0.25, -0.2) is 9.18 Å². The van der Waals surface area contributed by atoms with E-state index in [1.54, 1.807) is 12.1 Å². The number of anilines is 1. The van der Waals surface area contributed by atoms with E-state index in [2.05, 4.69) is 5.32 Å². The summed E-state index contributed by atoms with van der Waals surface area (Å²) in [5, 5.41) is 3.14. The highest BCUT2D eigenvalue weighted by molar-refractivity contribution is 5.91. The minimum Gasteiger partial charge on any atom is -0.309 e. The van der Waals surface area contributed by atoms with Crippen LogP contribution in [0.3, 0.4) is 0 Å². The predicted molar refractivity (Wildman–Crippen MR) is 132 cm³/mol. The molecule has 4 rings (SSSR count). The fraction of sp³-hybridized carbons (Fsp3) is 0.138. The molecule has 0 aliphatic carbocycles. The predicted octanol–water partition coefficient (Wildman–Crippen LogP) is 7.27.